The van der Waals surface area contributed by atoms with Crippen LogP contribution in [0.1, 0.15) is 41.7 Å². The zero-order valence-electron chi connectivity index (χ0n) is 14.4. The average Bonchev–Trinajstić information content (AvgIpc) is 2.49. The van der Waals surface area contributed by atoms with Gasteiger partial charge in [-0.1, -0.05) is 71.3 Å². The van der Waals surface area contributed by atoms with Gasteiger partial charge in [0.05, 0.1) is 0 Å². The first kappa shape index (κ1) is 16.3. The smallest absolute Gasteiger partial charge is 0.00640 e. The molecule has 22 heavy (non-hydrogen) atoms. The van der Waals surface area contributed by atoms with E-state index in [1.807, 2.05) is 0 Å². The highest BCUT2D eigenvalue weighted by molar-refractivity contribution is 5.65. The molecule has 0 heteroatoms. The third-order valence-corrected chi connectivity index (χ3v) is 4.10. The summed E-state index contributed by atoms with van der Waals surface area (Å²) in [7, 11) is 0. The number of allylic oxidation sites excluding steroid dienone is 4. The molecule has 0 saturated carbocycles. The fourth-order valence-electron chi connectivity index (χ4n) is 2.53. The van der Waals surface area contributed by atoms with Gasteiger partial charge in [-0.25, -0.2) is 0 Å². The summed E-state index contributed by atoms with van der Waals surface area (Å²) in [6.45, 7) is 10.9. The highest BCUT2D eigenvalue weighted by Crippen LogP contribution is 2.17. The Labute approximate surface area is 135 Å². The minimum Gasteiger partial charge on any atom is -0.0689 e. The van der Waals surface area contributed by atoms with Crippen LogP contribution in [-0.4, -0.2) is 0 Å². The molecule has 0 aliphatic heterocycles. The standard InChI is InChI=1S/C22H26/c1-16-8-12-21(13-9-16)19(4)10-6-17(2)14-22-15-18(3)7-11-20(22)5/h6-13,15H,14H2,1-5H3/b17-6+,19-10+. The van der Waals surface area contributed by atoms with Crippen LogP contribution in [0.15, 0.2) is 60.2 Å². The van der Waals surface area contributed by atoms with Gasteiger partial charge >= 0.3 is 0 Å². The van der Waals surface area contributed by atoms with Crippen LogP contribution in [0, 0.1) is 20.8 Å². The summed E-state index contributed by atoms with van der Waals surface area (Å²) in [6.07, 6.45) is 5.49. The van der Waals surface area contributed by atoms with Crippen LogP contribution in [-0.2, 0) is 6.42 Å². The average molecular weight is 290 g/mol. The molecule has 114 valence electrons. The van der Waals surface area contributed by atoms with E-state index in [0.29, 0.717) is 0 Å². The second-order valence-corrected chi connectivity index (χ2v) is 6.34. The zero-order chi connectivity index (χ0) is 16.1. The second kappa shape index (κ2) is 7.26. The van der Waals surface area contributed by atoms with Crippen molar-refractivity contribution in [2.24, 2.45) is 0 Å². The van der Waals surface area contributed by atoms with Crippen molar-refractivity contribution in [3.8, 4) is 0 Å². The molecule has 0 spiro atoms. The lowest BCUT2D eigenvalue weighted by molar-refractivity contribution is 1.11. The van der Waals surface area contributed by atoms with E-state index in [0.717, 1.165) is 6.42 Å². The number of rotatable bonds is 4. The van der Waals surface area contributed by atoms with E-state index in [-0.39, 0.29) is 0 Å². The van der Waals surface area contributed by atoms with Crippen molar-refractivity contribution in [3.05, 3.63) is 88.0 Å². The van der Waals surface area contributed by atoms with Gasteiger partial charge < -0.3 is 0 Å². The van der Waals surface area contributed by atoms with E-state index in [1.165, 1.54) is 39.0 Å². The monoisotopic (exact) mass is 290 g/mol. The van der Waals surface area contributed by atoms with Gasteiger partial charge in [0.1, 0.15) is 0 Å². The van der Waals surface area contributed by atoms with Crippen LogP contribution in [0.3, 0.4) is 0 Å². The van der Waals surface area contributed by atoms with Crippen LogP contribution < -0.4 is 0 Å². The molecule has 0 radical (unpaired) electrons. The van der Waals surface area contributed by atoms with Gasteiger partial charge in [0.2, 0.25) is 0 Å². The van der Waals surface area contributed by atoms with Gasteiger partial charge in [0.15, 0.2) is 0 Å². The highest BCUT2D eigenvalue weighted by atomic mass is 14.1. The Balaban J connectivity index is 2.13. The van der Waals surface area contributed by atoms with Gasteiger partial charge in [-0.3, -0.25) is 0 Å². The fourth-order valence-corrected chi connectivity index (χ4v) is 2.53. The molecule has 0 aromatic heterocycles. The SMILES string of the molecule is C/C(=C\C=C(/C)c1ccc(C)cc1)Cc1cc(C)ccc1C. The van der Waals surface area contributed by atoms with Crippen molar-refractivity contribution in [2.45, 2.75) is 41.0 Å². The van der Waals surface area contributed by atoms with Crippen molar-refractivity contribution in [2.75, 3.05) is 0 Å². The maximum atomic E-state index is 2.29. The Morgan fingerprint density at radius 2 is 1.45 bits per heavy atom. The van der Waals surface area contributed by atoms with Crippen molar-refractivity contribution < 1.29 is 0 Å². The molecule has 0 nitrogen and oxygen atoms in total. The van der Waals surface area contributed by atoms with Crippen LogP contribution in [0.4, 0.5) is 0 Å². The van der Waals surface area contributed by atoms with E-state index in [1.54, 1.807) is 0 Å². The maximum Gasteiger partial charge on any atom is -0.00640 e. The third-order valence-electron chi connectivity index (χ3n) is 4.10. The molecular weight excluding hydrogens is 264 g/mol. The van der Waals surface area contributed by atoms with Crippen LogP contribution in [0.5, 0.6) is 0 Å². The molecule has 0 amide bonds. The van der Waals surface area contributed by atoms with E-state index >= 15 is 0 Å². The Morgan fingerprint density at radius 1 is 0.818 bits per heavy atom. The van der Waals surface area contributed by atoms with E-state index in [4.69, 9.17) is 0 Å². The van der Waals surface area contributed by atoms with Crippen molar-refractivity contribution in [1.29, 1.82) is 0 Å². The lowest BCUT2D eigenvalue weighted by Gasteiger charge is -2.07. The molecule has 0 aliphatic rings. The van der Waals surface area contributed by atoms with Crippen LogP contribution in [0.2, 0.25) is 0 Å². The van der Waals surface area contributed by atoms with E-state index in [9.17, 15) is 0 Å². The number of benzene rings is 2. The topological polar surface area (TPSA) is 0 Å². The fraction of sp³-hybridized carbons (Fsp3) is 0.273. The van der Waals surface area contributed by atoms with Crippen LogP contribution in [0.25, 0.3) is 5.57 Å². The first-order valence-corrected chi connectivity index (χ1v) is 7.93. The molecule has 2 aromatic rings. The summed E-state index contributed by atoms with van der Waals surface area (Å²) in [5.41, 5.74) is 9.42. The Hall–Kier alpha value is -2.08. The number of hydrogen-bond donors (Lipinski definition) is 0. The van der Waals surface area contributed by atoms with Crippen molar-refractivity contribution in [1.82, 2.24) is 0 Å². The lowest BCUT2D eigenvalue weighted by Crippen LogP contribution is -1.92. The van der Waals surface area contributed by atoms with Gasteiger partial charge in [0, 0.05) is 0 Å². The summed E-state index contributed by atoms with van der Waals surface area (Å²) >= 11 is 0. The summed E-state index contributed by atoms with van der Waals surface area (Å²) < 4.78 is 0. The van der Waals surface area contributed by atoms with Crippen molar-refractivity contribution >= 4 is 5.57 Å². The molecule has 0 N–H and O–H groups in total. The van der Waals surface area contributed by atoms with Gasteiger partial charge in [0.25, 0.3) is 0 Å². The lowest BCUT2D eigenvalue weighted by atomic mass is 9.98. The minimum absolute atomic E-state index is 1.02. The molecule has 0 saturated heterocycles. The molecule has 0 bridgehead atoms. The normalized spacial score (nSPS) is 12.6. The van der Waals surface area contributed by atoms with Gasteiger partial charge in [-0.05, 0) is 63.3 Å². The first-order valence-electron chi connectivity index (χ1n) is 7.93. The van der Waals surface area contributed by atoms with E-state index in [2.05, 4.69) is 89.2 Å². The highest BCUT2D eigenvalue weighted by Gasteiger charge is 2.00. The summed E-state index contributed by atoms with van der Waals surface area (Å²) in [5, 5.41) is 0. The number of hydrogen-bond acceptors (Lipinski definition) is 0. The predicted octanol–water partition coefficient (Wildman–Crippen LogP) is 6.20. The molecule has 2 aromatic carbocycles. The quantitative estimate of drug-likeness (QED) is 0.588. The van der Waals surface area contributed by atoms with Crippen LogP contribution >= 0.6 is 0 Å². The second-order valence-electron chi connectivity index (χ2n) is 6.34. The van der Waals surface area contributed by atoms with Gasteiger partial charge in [-0.15, -0.1) is 0 Å². The molecule has 0 unspecified atom stereocenters. The molecular formula is C22H26. The van der Waals surface area contributed by atoms with E-state index < -0.39 is 0 Å². The first-order chi connectivity index (χ1) is 10.5. The number of aryl methyl sites for hydroxylation is 3. The Bertz CT molecular complexity index is 697. The largest absolute Gasteiger partial charge is 0.0689 e. The summed E-state index contributed by atoms with van der Waals surface area (Å²) in [5.74, 6) is 0. The third kappa shape index (κ3) is 4.46. The molecule has 0 heterocycles. The van der Waals surface area contributed by atoms with Crippen molar-refractivity contribution in [3.63, 3.8) is 0 Å². The Morgan fingerprint density at radius 3 is 2.14 bits per heavy atom. The summed E-state index contributed by atoms with van der Waals surface area (Å²) in [4.78, 5) is 0. The Kier molecular flexibility index (Phi) is 5.38. The minimum atomic E-state index is 1.02. The molecule has 0 aliphatic carbocycles. The maximum absolute atomic E-state index is 2.29. The molecule has 2 rings (SSSR count). The zero-order valence-corrected chi connectivity index (χ0v) is 14.4. The summed E-state index contributed by atoms with van der Waals surface area (Å²) in [6, 6.07) is 15.4. The molecule has 0 fully saturated rings. The van der Waals surface area contributed by atoms with Gasteiger partial charge in [-0.2, -0.15) is 0 Å². The molecule has 0 atom stereocenters. The predicted molar refractivity (Wildman–Crippen MR) is 98.2 cm³/mol.